The van der Waals surface area contributed by atoms with Gasteiger partial charge >= 0.3 is 0 Å². The van der Waals surface area contributed by atoms with E-state index in [0.29, 0.717) is 19.6 Å². The number of ether oxygens (including phenoxy) is 1. The molecule has 4 heteroatoms. The Labute approximate surface area is 135 Å². The lowest BCUT2D eigenvalue weighted by atomic mass is 10.1. The van der Waals surface area contributed by atoms with Gasteiger partial charge in [0.15, 0.2) is 0 Å². The van der Waals surface area contributed by atoms with E-state index >= 15 is 0 Å². The Morgan fingerprint density at radius 3 is 2.48 bits per heavy atom. The number of carbonyl (C=O) groups excluding carboxylic acids is 1. The van der Waals surface area contributed by atoms with Gasteiger partial charge in [-0.2, -0.15) is 0 Å². The second-order valence-electron chi connectivity index (χ2n) is 5.78. The molecule has 1 saturated heterocycles. The number of carbonyl (C=O) groups is 1. The third-order valence-corrected chi connectivity index (χ3v) is 4.09. The van der Waals surface area contributed by atoms with E-state index in [0.717, 1.165) is 24.1 Å². The van der Waals surface area contributed by atoms with E-state index in [1.54, 1.807) is 12.1 Å². The maximum atomic E-state index is 13.2. The summed E-state index contributed by atoms with van der Waals surface area (Å²) in [5.74, 6) is -0.103. The highest BCUT2D eigenvalue weighted by atomic mass is 19.1. The average Bonchev–Trinajstić information content (AvgIpc) is 2.98. The summed E-state index contributed by atoms with van der Waals surface area (Å²) in [5.41, 5.74) is 1.97. The summed E-state index contributed by atoms with van der Waals surface area (Å²) < 4.78 is 19.2. The summed E-state index contributed by atoms with van der Waals surface area (Å²) in [5, 5.41) is 0. The maximum Gasteiger partial charge on any atom is 0.222 e. The first-order chi connectivity index (χ1) is 11.2. The Bertz CT molecular complexity index is 642. The van der Waals surface area contributed by atoms with E-state index in [9.17, 15) is 9.18 Å². The van der Waals surface area contributed by atoms with Crippen LogP contribution in [0.2, 0.25) is 0 Å². The van der Waals surface area contributed by atoms with Gasteiger partial charge in [-0.15, -0.1) is 0 Å². The fraction of sp³-hybridized carbons (Fsp3) is 0.316. The zero-order chi connectivity index (χ0) is 16.1. The van der Waals surface area contributed by atoms with Crippen LogP contribution in [0.1, 0.15) is 30.1 Å². The minimum atomic E-state index is -0.271. The van der Waals surface area contributed by atoms with Crippen LogP contribution in [0.3, 0.4) is 0 Å². The molecule has 1 fully saturated rings. The highest BCUT2D eigenvalue weighted by Gasteiger charge is 2.24. The van der Waals surface area contributed by atoms with E-state index in [4.69, 9.17) is 4.74 Å². The Morgan fingerprint density at radius 1 is 1.09 bits per heavy atom. The molecule has 1 aliphatic rings. The van der Waals surface area contributed by atoms with Crippen LogP contribution in [0.15, 0.2) is 54.6 Å². The largest absolute Gasteiger partial charge is 0.367 e. The summed E-state index contributed by atoms with van der Waals surface area (Å²) in [4.78, 5) is 13.7. The number of likely N-dealkylation sites (tertiary alicyclic amines) is 1. The van der Waals surface area contributed by atoms with Crippen molar-refractivity contribution >= 4 is 5.91 Å². The molecule has 1 amide bonds. The third-order valence-electron chi connectivity index (χ3n) is 4.09. The molecule has 0 bridgehead atoms. The van der Waals surface area contributed by atoms with Crippen molar-refractivity contribution in [3.63, 3.8) is 0 Å². The summed E-state index contributed by atoms with van der Waals surface area (Å²) >= 11 is 0. The van der Waals surface area contributed by atoms with E-state index in [2.05, 4.69) is 0 Å². The van der Waals surface area contributed by atoms with E-state index in [1.807, 2.05) is 35.2 Å². The van der Waals surface area contributed by atoms with E-state index in [1.165, 1.54) is 12.1 Å². The number of benzene rings is 2. The van der Waals surface area contributed by atoms with E-state index < -0.39 is 0 Å². The van der Waals surface area contributed by atoms with Crippen molar-refractivity contribution < 1.29 is 13.9 Å². The van der Waals surface area contributed by atoms with Crippen molar-refractivity contribution in [2.45, 2.75) is 25.6 Å². The van der Waals surface area contributed by atoms with Gasteiger partial charge in [0.25, 0.3) is 0 Å². The summed E-state index contributed by atoms with van der Waals surface area (Å²) in [6, 6.07) is 16.2. The van der Waals surface area contributed by atoms with Crippen LogP contribution in [0, 0.1) is 5.82 Å². The first-order valence-electron chi connectivity index (χ1n) is 7.91. The number of hydrogen-bond donors (Lipinski definition) is 0. The molecule has 0 N–H and O–H groups in total. The average molecular weight is 313 g/mol. The van der Waals surface area contributed by atoms with Crippen molar-refractivity contribution in [1.82, 2.24) is 4.90 Å². The van der Waals surface area contributed by atoms with Gasteiger partial charge in [0.1, 0.15) is 11.9 Å². The second kappa shape index (κ2) is 7.38. The third kappa shape index (κ3) is 4.17. The number of amides is 1. The summed E-state index contributed by atoms with van der Waals surface area (Å²) in [6.45, 7) is 1.74. The predicted octanol–water partition coefficient (Wildman–Crippen LogP) is 3.71. The highest BCUT2D eigenvalue weighted by Crippen LogP contribution is 2.23. The molecule has 3 rings (SSSR count). The van der Waals surface area contributed by atoms with Crippen molar-refractivity contribution in [2.24, 2.45) is 0 Å². The summed E-state index contributed by atoms with van der Waals surface area (Å²) in [7, 11) is 0. The first-order valence-corrected chi connectivity index (χ1v) is 7.91. The lowest BCUT2D eigenvalue weighted by molar-refractivity contribution is -0.129. The quantitative estimate of drug-likeness (QED) is 0.814. The molecule has 0 aromatic heterocycles. The molecule has 0 aliphatic carbocycles. The molecule has 1 atom stereocenters. The number of hydrogen-bond acceptors (Lipinski definition) is 2. The standard InChI is InChI=1S/C19H20FNO2/c20-17-10-8-16(9-11-17)18(13-21-12-4-7-19(21)22)23-14-15-5-2-1-3-6-15/h1-3,5-6,8-11,18H,4,7,12-14H2. The van der Waals surface area contributed by atoms with Gasteiger partial charge in [-0.25, -0.2) is 4.39 Å². The van der Waals surface area contributed by atoms with Crippen LogP contribution in [0.25, 0.3) is 0 Å². The van der Waals surface area contributed by atoms with Crippen LogP contribution in [0.4, 0.5) is 4.39 Å². The molecular formula is C19H20FNO2. The lowest BCUT2D eigenvalue weighted by Gasteiger charge is -2.24. The van der Waals surface area contributed by atoms with Gasteiger partial charge in [0.2, 0.25) is 5.91 Å². The molecule has 1 heterocycles. The predicted molar refractivity (Wildman–Crippen MR) is 86.2 cm³/mol. The first kappa shape index (κ1) is 15.7. The van der Waals surface area contributed by atoms with Gasteiger partial charge in [-0.3, -0.25) is 4.79 Å². The second-order valence-corrected chi connectivity index (χ2v) is 5.78. The molecule has 1 unspecified atom stereocenters. The number of halogens is 1. The molecule has 2 aromatic carbocycles. The van der Waals surface area contributed by atoms with Crippen LogP contribution < -0.4 is 0 Å². The number of rotatable bonds is 6. The van der Waals surface area contributed by atoms with Gasteiger partial charge < -0.3 is 9.64 Å². The Balaban J connectivity index is 1.72. The minimum absolute atomic E-state index is 0.167. The topological polar surface area (TPSA) is 29.5 Å². The zero-order valence-corrected chi connectivity index (χ0v) is 13.0. The van der Waals surface area contributed by atoms with Crippen molar-refractivity contribution in [3.05, 3.63) is 71.5 Å². The van der Waals surface area contributed by atoms with Crippen LogP contribution in [0.5, 0.6) is 0 Å². The van der Waals surface area contributed by atoms with Crippen LogP contribution in [-0.4, -0.2) is 23.9 Å². The van der Waals surface area contributed by atoms with Crippen molar-refractivity contribution in [2.75, 3.05) is 13.1 Å². The molecule has 120 valence electrons. The number of nitrogens with zero attached hydrogens (tertiary/aromatic N) is 1. The molecule has 0 saturated carbocycles. The SMILES string of the molecule is O=C1CCCN1CC(OCc1ccccc1)c1ccc(F)cc1. The molecular weight excluding hydrogens is 293 g/mol. The van der Waals surface area contributed by atoms with Crippen molar-refractivity contribution in [1.29, 1.82) is 0 Å². The molecule has 23 heavy (non-hydrogen) atoms. The van der Waals surface area contributed by atoms with Gasteiger partial charge in [-0.05, 0) is 29.7 Å². The maximum absolute atomic E-state index is 13.2. The van der Waals surface area contributed by atoms with Gasteiger partial charge in [0.05, 0.1) is 13.2 Å². The Morgan fingerprint density at radius 2 is 1.83 bits per heavy atom. The molecule has 1 aliphatic heterocycles. The Kier molecular flexibility index (Phi) is 5.03. The normalized spacial score (nSPS) is 15.9. The summed E-state index contributed by atoms with van der Waals surface area (Å²) in [6.07, 6.45) is 1.25. The fourth-order valence-corrected chi connectivity index (χ4v) is 2.80. The smallest absolute Gasteiger partial charge is 0.222 e. The van der Waals surface area contributed by atoms with Crippen LogP contribution >= 0.6 is 0 Å². The molecule has 3 nitrogen and oxygen atoms in total. The van der Waals surface area contributed by atoms with Gasteiger partial charge in [-0.1, -0.05) is 42.5 Å². The van der Waals surface area contributed by atoms with Gasteiger partial charge in [0, 0.05) is 13.0 Å². The fourth-order valence-electron chi connectivity index (χ4n) is 2.80. The lowest BCUT2D eigenvalue weighted by Crippen LogP contribution is -2.30. The molecule has 0 radical (unpaired) electrons. The Hall–Kier alpha value is -2.20. The molecule has 2 aromatic rings. The van der Waals surface area contributed by atoms with Crippen LogP contribution in [-0.2, 0) is 16.1 Å². The minimum Gasteiger partial charge on any atom is -0.367 e. The van der Waals surface area contributed by atoms with E-state index in [-0.39, 0.29) is 17.8 Å². The highest BCUT2D eigenvalue weighted by molar-refractivity contribution is 5.78. The van der Waals surface area contributed by atoms with Crippen molar-refractivity contribution in [3.8, 4) is 0 Å². The monoisotopic (exact) mass is 313 g/mol. The zero-order valence-electron chi connectivity index (χ0n) is 13.0. The molecule has 0 spiro atoms.